The van der Waals surface area contributed by atoms with Crippen LogP contribution in [0.5, 0.6) is 5.75 Å². The zero-order valence-corrected chi connectivity index (χ0v) is 13.0. The van der Waals surface area contributed by atoms with Gasteiger partial charge in [-0.25, -0.2) is 4.39 Å². The number of halogens is 2. The second-order valence-electron chi connectivity index (χ2n) is 4.80. The molecule has 112 valence electrons. The van der Waals surface area contributed by atoms with Gasteiger partial charge in [0.1, 0.15) is 11.6 Å². The summed E-state index contributed by atoms with van der Waals surface area (Å²) in [4.78, 5) is 0. The van der Waals surface area contributed by atoms with Crippen molar-refractivity contribution in [3.05, 3.63) is 64.4 Å². The van der Waals surface area contributed by atoms with Crippen LogP contribution in [0.1, 0.15) is 24.1 Å². The average Bonchev–Trinajstić information content (AvgIpc) is 2.51. The lowest BCUT2D eigenvalue weighted by molar-refractivity contribution is 0.414. The van der Waals surface area contributed by atoms with E-state index >= 15 is 0 Å². The molecule has 4 heteroatoms. The SMILES string of the molecule is CCNC(Cc1cccc(Cl)c1F)c1ccc(OC)cc1. The standard InChI is InChI=1S/C17H19ClFNO/c1-3-20-16(12-7-9-14(21-2)10-8-12)11-13-5-4-6-15(18)17(13)19/h4-10,16,20H,3,11H2,1-2H3. The maximum absolute atomic E-state index is 14.1. The summed E-state index contributed by atoms with van der Waals surface area (Å²) in [5.74, 6) is 0.471. The van der Waals surface area contributed by atoms with E-state index in [-0.39, 0.29) is 16.9 Å². The van der Waals surface area contributed by atoms with E-state index in [1.165, 1.54) is 0 Å². The largest absolute Gasteiger partial charge is 0.497 e. The highest BCUT2D eigenvalue weighted by Crippen LogP contribution is 2.25. The Balaban J connectivity index is 2.23. The molecule has 0 spiro atoms. The van der Waals surface area contributed by atoms with Crippen molar-refractivity contribution in [3.8, 4) is 5.75 Å². The molecule has 1 unspecified atom stereocenters. The van der Waals surface area contributed by atoms with Gasteiger partial charge in [-0.15, -0.1) is 0 Å². The van der Waals surface area contributed by atoms with Gasteiger partial charge in [0.2, 0.25) is 0 Å². The maximum atomic E-state index is 14.1. The van der Waals surface area contributed by atoms with Crippen LogP contribution in [0.4, 0.5) is 4.39 Å². The second kappa shape index (κ2) is 7.43. The fraction of sp³-hybridized carbons (Fsp3) is 0.294. The van der Waals surface area contributed by atoms with Gasteiger partial charge >= 0.3 is 0 Å². The highest BCUT2D eigenvalue weighted by molar-refractivity contribution is 6.30. The summed E-state index contributed by atoms with van der Waals surface area (Å²) in [7, 11) is 1.64. The first-order valence-electron chi connectivity index (χ1n) is 6.96. The lowest BCUT2D eigenvalue weighted by Crippen LogP contribution is -2.23. The van der Waals surface area contributed by atoms with Crippen molar-refractivity contribution in [1.29, 1.82) is 0 Å². The summed E-state index contributed by atoms with van der Waals surface area (Å²) in [6, 6.07) is 13.0. The average molecular weight is 308 g/mol. The van der Waals surface area contributed by atoms with Gasteiger partial charge in [-0.3, -0.25) is 0 Å². The van der Waals surface area contributed by atoms with E-state index in [2.05, 4.69) is 5.32 Å². The van der Waals surface area contributed by atoms with Gasteiger partial charge in [0, 0.05) is 6.04 Å². The monoisotopic (exact) mass is 307 g/mol. The molecule has 1 N–H and O–H groups in total. The normalized spacial score (nSPS) is 12.2. The lowest BCUT2D eigenvalue weighted by Gasteiger charge is -2.19. The van der Waals surface area contributed by atoms with Crippen LogP contribution in [0.3, 0.4) is 0 Å². The van der Waals surface area contributed by atoms with Crippen LogP contribution in [0.2, 0.25) is 5.02 Å². The van der Waals surface area contributed by atoms with Crippen LogP contribution in [0, 0.1) is 5.82 Å². The molecule has 0 bridgehead atoms. The summed E-state index contributed by atoms with van der Waals surface area (Å²) in [6.07, 6.45) is 0.548. The molecule has 0 aliphatic heterocycles. The fourth-order valence-corrected chi connectivity index (χ4v) is 2.51. The van der Waals surface area contributed by atoms with E-state index in [4.69, 9.17) is 16.3 Å². The van der Waals surface area contributed by atoms with E-state index in [9.17, 15) is 4.39 Å². The predicted octanol–water partition coefficient (Wildman–Crippen LogP) is 4.38. The van der Waals surface area contributed by atoms with Crippen LogP contribution in [-0.4, -0.2) is 13.7 Å². The van der Waals surface area contributed by atoms with E-state index < -0.39 is 0 Å². The number of hydrogen-bond donors (Lipinski definition) is 1. The Hall–Kier alpha value is -1.58. The first-order chi connectivity index (χ1) is 10.2. The predicted molar refractivity (Wildman–Crippen MR) is 84.5 cm³/mol. The summed E-state index contributed by atoms with van der Waals surface area (Å²) in [6.45, 7) is 2.84. The van der Waals surface area contributed by atoms with Crippen molar-refractivity contribution in [3.63, 3.8) is 0 Å². The molecule has 0 aliphatic rings. The highest BCUT2D eigenvalue weighted by Gasteiger charge is 2.15. The Morgan fingerprint density at radius 2 is 1.90 bits per heavy atom. The van der Waals surface area contributed by atoms with Crippen molar-refractivity contribution < 1.29 is 9.13 Å². The van der Waals surface area contributed by atoms with Crippen LogP contribution >= 0.6 is 11.6 Å². The molecular formula is C17H19ClFNO. The van der Waals surface area contributed by atoms with Crippen molar-refractivity contribution in [2.75, 3.05) is 13.7 Å². The van der Waals surface area contributed by atoms with Gasteiger partial charge in [-0.2, -0.15) is 0 Å². The Bertz CT molecular complexity index is 586. The molecule has 0 aromatic heterocycles. The minimum Gasteiger partial charge on any atom is -0.497 e. The van der Waals surface area contributed by atoms with E-state index in [1.54, 1.807) is 25.3 Å². The van der Waals surface area contributed by atoms with Crippen LogP contribution in [0.15, 0.2) is 42.5 Å². The highest BCUT2D eigenvalue weighted by atomic mass is 35.5. The van der Waals surface area contributed by atoms with Crippen molar-refractivity contribution in [2.45, 2.75) is 19.4 Å². The molecule has 0 aliphatic carbocycles. The molecule has 2 rings (SSSR count). The lowest BCUT2D eigenvalue weighted by atomic mass is 9.98. The number of ether oxygens (including phenoxy) is 1. The number of rotatable bonds is 6. The van der Waals surface area contributed by atoms with Gasteiger partial charge < -0.3 is 10.1 Å². The summed E-state index contributed by atoms with van der Waals surface area (Å²) < 4.78 is 19.2. The van der Waals surface area contributed by atoms with E-state index in [0.717, 1.165) is 17.9 Å². The molecule has 2 aromatic carbocycles. The Kier molecular flexibility index (Phi) is 5.59. The number of benzene rings is 2. The third-order valence-electron chi connectivity index (χ3n) is 3.42. The zero-order valence-electron chi connectivity index (χ0n) is 12.2. The molecule has 0 amide bonds. The van der Waals surface area contributed by atoms with Gasteiger partial charge in [0.25, 0.3) is 0 Å². The minimum atomic E-state index is -0.337. The second-order valence-corrected chi connectivity index (χ2v) is 5.21. The van der Waals surface area contributed by atoms with Crippen molar-refractivity contribution in [2.24, 2.45) is 0 Å². The molecule has 2 nitrogen and oxygen atoms in total. The molecular weight excluding hydrogens is 289 g/mol. The van der Waals surface area contributed by atoms with Gasteiger partial charge in [0.15, 0.2) is 0 Å². The number of methoxy groups -OCH3 is 1. The van der Waals surface area contributed by atoms with Gasteiger partial charge in [-0.05, 0) is 42.3 Å². The summed E-state index contributed by atoms with van der Waals surface area (Å²) in [5, 5.41) is 3.55. The summed E-state index contributed by atoms with van der Waals surface area (Å²) >= 11 is 5.85. The van der Waals surface area contributed by atoms with Gasteiger partial charge in [-0.1, -0.05) is 42.8 Å². The van der Waals surface area contributed by atoms with Gasteiger partial charge in [0.05, 0.1) is 12.1 Å². The number of hydrogen-bond acceptors (Lipinski definition) is 2. The molecule has 0 heterocycles. The third kappa shape index (κ3) is 3.96. The molecule has 1 atom stereocenters. The number of nitrogens with one attached hydrogen (secondary N) is 1. The van der Waals surface area contributed by atoms with E-state index in [1.807, 2.05) is 31.2 Å². The quantitative estimate of drug-likeness (QED) is 0.855. The summed E-state index contributed by atoms with van der Waals surface area (Å²) in [5.41, 5.74) is 1.71. The first kappa shape index (κ1) is 15.8. The maximum Gasteiger partial charge on any atom is 0.145 e. The molecule has 21 heavy (non-hydrogen) atoms. The molecule has 2 aromatic rings. The fourth-order valence-electron chi connectivity index (χ4n) is 2.32. The van der Waals surface area contributed by atoms with Crippen LogP contribution in [0.25, 0.3) is 0 Å². The van der Waals surface area contributed by atoms with Crippen LogP contribution < -0.4 is 10.1 Å². The smallest absolute Gasteiger partial charge is 0.145 e. The molecule has 0 saturated carbocycles. The Morgan fingerprint density at radius 1 is 1.19 bits per heavy atom. The Morgan fingerprint density at radius 3 is 2.52 bits per heavy atom. The van der Waals surface area contributed by atoms with Crippen molar-refractivity contribution >= 4 is 11.6 Å². The van der Waals surface area contributed by atoms with Crippen LogP contribution in [-0.2, 0) is 6.42 Å². The first-order valence-corrected chi connectivity index (χ1v) is 7.33. The molecule has 0 fully saturated rings. The minimum absolute atomic E-state index is 0.0360. The topological polar surface area (TPSA) is 21.3 Å². The zero-order chi connectivity index (χ0) is 15.2. The van der Waals surface area contributed by atoms with Crippen molar-refractivity contribution in [1.82, 2.24) is 5.32 Å². The van der Waals surface area contributed by atoms with E-state index in [0.29, 0.717) is 12.0 Å². The molecule has 0 radical (unpaired) electrons. The molecule has 0 saturated heterocycles. The number of likely N-dealkylation sites (N-methyl/N-ethyl adjacent to an activating group) is 1. The third-order valence-corrected chi connectivity index (χ3v) is 3.72. The Labute approximate surface area is 129 Å².